The molecule has 0 aromatic heterocycles. The molecular weight excluding hydrogens is 1570 g/mol. The number of nitrogens with zero attached hydrogens (tertiary/aromatic N) is 3. The average molecular weight is 1660 g/mol. The van der Waals surface area contributed by atoms with Gasteiger partial charge in [0, 0.05) is 76.1 Å². The van der Waals surface area contributed by atoms with Crippen LogP contribution in [0.3, 0.4) is 0 Å². The highest BCUT2D eigenvalue weighted by Crippen LogP contribution is 2.57. The number of ether oxygens (including phenoxy) is 2. The van der Waals surface area contributed by atoms with Gasteiger partial charge >= 0.3 is 37.9 Å². The number of hydrogen-bond acceptors (Lipinski definition) is 21. The van der Waals surface area contributed by atoms with E-state index < -0.39 is 143 Å². The van der Waals surface area contributed by atoms with E-state index in [0.717, 1.165) is 23.1 Å². The number of amides is 4. The Morgan fingerprint density at radius 3 is 1.35 bits per heavy atom. The van der Waals surface area contributed by atoms with Crippen LogP contribution in [0.5, 0.6) is 0 Å². The van der Waals surface area contributed by atoms with E-state index in [4.69, 9.17) is 60.5 Å². The molecule has 6 radical (unpaired) electrons. The molecule has 23 nitrogen and oxygen atoms in total. The van der Waals surface area contributed by atoms with Crippen LogP contribution in [0, 0.1) is 23.7 Å². The maximum atomic E-state index is 15.2. The number of rotatable bonds is 14. The van der Waals surface area contributed by atoms with E-state index in [2.05, 4.69) is 86.7 Å². The predicted molar refractivity (Wildman–Crippen MR) is 405 cm³/mol. The van der Waals surface area contributed by atoms with Gasteiger partial charge in [-0.25, -0.2) is 14.0 Å². The Morgan fingerprint density at radius 1 is 0.664 bits per heavy atom. The van der Waals surface area contributed by atoms with Crippen LogP contribution < -0.4 is 0 Å². The summed E-state index contributed by atoms with van der Waals surface area (Å²) in [5.41, 5.74) is 3.59. The normalized spacial score (nSPS) is 23.6. The molecule has 1 N–H and O–H groups in total. The van der Waals surface area contributed by atoms with Gasteiger partial charge in [-0.3, -0.25) is 37.7 Å². The Kier molecular flexibility index (Phi) is 32.9. The van der Waals surface area contributed by atoms with Gasteiger partial charge in [0.25, 0.3) is 43.9 Å². The van der Waals surface area contributed by atoms with Crippen molar-refractivity contribution in [3.8, 4) is 0 Å². The standard InChI is InChI=1S/C27H27F2NO10S2.C18H19NO3.C9H11FO5S.C8H19N.C3H9ClSi.CH2Cl2.CH4.B4.F2O2S/c1-11(2)14-7-13-5-6-16(12(3)4)21-20(13)18(8-14)24(31)30(25(21)32)40-42(36,37)27(28,29)26(33)38-22-15-9-17-19(10-15)39-41(34,35)23(17)22;1-9(2)12-7-11-5-6-13(10(3)4)16-15(11)14(8-12)17(20)19(22)18(16)21;10-3-7(11)14-8-4-1-5-6(2-4)15-16(12,13)9(5)8;1-6-9(7(2)3)8(4)5;1-5(2,3)4;2-1-3;;1-4(2)3;1-5(2,3)4/h5-8,11-12,15,17,19,22-23H,9-10H2,1-4H3;5-10,22H,1-4H3;4-6,8-9H,1-3H2;7-8H,6H2,1-5H3;1-3H3;1H2;1H4;;. The second-order valence-electron chi connectivity index (χ2n) is 29.0. The topological polar surface area (TPSA) is 315 Å². The smallest absolute Gasteiger partial charge is 0.459 e. The van der Waals surface area contributed by atoms with Crippen LogP contribution in [0.25, 0.3) is 21.5 Å². The number of alkyl halides is 5. The largest absolute Gasteiger partial charge is 0.476 e. The first-order valence-corrected chi connectivity index (χ1v) is 45.0. The van der Waals surface area contributed by atoms with Gasteiger partial charge in [-0.05, 0) is 129 Å². The van der Waals surface area contributed by atoms with Gasteiger partial charge in [-0.1, -0.05) is 134 Å². The van der Waals surface area contributed by atoms with Crippen LogP contribution in [-0.2, 0) is 72.7 Å². The Labute approximate surface area is 644 Å². The fraction of sp³-hybridized carbons (Fsp3) is 0.612. The zero-order chi connectivity index (χ0) is 81.1. The molecule has 2 saturated heterocycles. The van der Waals surface area contributed by atoms with E-state index >= 15 is 8.78 Å². The SMILES string of the molecule is C.CC(C)c1cc2c3c(c(C(C)C)ccc3c1)C(=O)N(O)C2=O.CC(C)c1cc2c3c(c(C(C)C)ccc3c1)C(=O)N(OS(=O)(=O)C(F)(F)C(=O)OC1C3CC4OS(=O)(=O)C1C4C3)C2=O.CCN(C(C)C)C(C)C.C[Si](C)(C)Cl.ClCCl.O=C(CF)OC1C2CC3OS(=O)(=O)C1C3C2.O=S(=O)(F)F.[B]B([B])[B]. The van der Waals surface area contributed by atoms with Gasteiger partial charge in [0.05, 0.1) is 39.8 Å². The first-order chi connectivity index (χ1) is 48.5. The Balaban J connectivity index is 0.000000311. The minimum absolute atomic E-state index is 0. The van der Waals surface area contributed by atoms with Crippen LogP contribution in [-0.4, -0.2) is 197 Å². The zero-order valence-corrected chi connectivity index (χ0v) is 67.9. The van der Waals surface area contributed by atoms with E-state index in [0.29, 0.717) is 58.0 Å². The maximum absolute atomic E-state index is 15.2. The predicted octanol–water partition coefficient (Wildman–Crippen LogP) is 12.6. The summed E-state index contributed by atoms with van der Waals surface area (Å²) >= 11 is 15.2. The molecule has 8 aliphatic rings. The summed E-state index contributed by atoms with van der Waals surface area (Å²) in [5, 5.41) is 4.80. The lowest BCUT2D eigenvalue weighted by Gasteiger charge is -2.30. The number of benzene rings is 4. The van der Waals surface area contributed by atoms with E-state index in [1.165, 1.54) is 6.07 Å². The van der Waals surface area contributed by atoms with Crippen molar-refractivity contribution in [1.82, 2.24) is 15.0 Å². The van der Waals surface area contributed by atoms with Crippen molar-refractivity contribution in [3.05, 3.63) is 93.0 Å². The van der Waals surface area contributed by atoms with Gasteiger partial charge in [0.15, 0.2) is 6.67 Å². The van der Waals surface area contributed by atoms with E-state index in [1.54, 1.807) is 38.1 Å². The van der Waals surface area contributed by atoms with E-state index in [1.807, 2.05) is 59.7 Å². The first-order valence-electron chi connectivity index (χ1n) is 33.8. The number of imide groups is 2. The van der Waals surface area contributed by atoms with Gasteiger partial charge in [-0.2, -0.15) is 53.5 Å². The minimum atomic E-state index is -6.36. The summed E-state index contributed by atoms with van der Waals surface area (Å²) < 4.78 is 177. The third kappa shape index (κ3) is 22.3. The third-order valence-electron chi connectivity index (χ3n) is 18.4. The molecule has 4 heterocycles. The summed E-state index contributed by atoms with van der Waals surface area (Å²) in [6.45, 7) is 32.7. The number of hydroxylamine groups is 4. The highest BCUT2D eigenvalue weighted by molar-refractivity contribution is 7.88. The molecule has 0 spiro atoms. The van der Waals surface area contributed by atoms with Crippen molar-refractivity contribution in [2.45, 2.75) is 219 Å². The van der Waals surface area contributed by atoms with Crippen LogP contribution in [0.15, 0.2) is 48.5 Å². The van der Waals surface area contributed by atoms with Crippen LogP contribution >= 0.6 is 34.3 Å². The molecule has 4 aromatic rings. The highest BCUT2D eigenvalue weighted by atomic mass is 35.6. The molecule has 4 amide bonds. The van der Waals surface area contributed by atoms with Crippen LogP contribution in [0.1, 0.15) is 210 Å². The summed E-state index contributed by atoms with van der Waals surface area (Å²) in [5.74, 6) is -8.68. The summed E-state index contributed by atoms with van der Waals surface area (Å²) in [4.78, 5) is 77.7. The lowest BCUT2D eigenvalue weighted by molar-refractivity contribution is -0.170. The second kappa shape index (κ2) is 37.2. The summed E-state index contributed by atoms with van der Waals surface area (Å²) in [7, 11) is -7.01. The molecule has 6 fully saturated rings. The number of hydrogen-bond donors (Lipinski definition) is 1. The molecule has 12 rings (SSSR count). The number of esters is 2. The lowest BCUT2D eigenvalue weighted by Crippen LogP contribution is -2.50. The molecule has 4 aliphatic heterocycles. The minimum Gasteiger partial charge on any atom is -0.459 e. The number of halogens is 8. The average Bonchev–Trinajstić information content (AvgIpc) is 1.66. The fourth-order valence-electron chi connectivity index (χ4n) is 14.2. The molecule has 4 aliphatic carbocycles. The molecular formula is C67H91B4Cl3F5N3O20S4Si. The quantitative estimate of drug-likeness (QED) is 0.0141. The Morgan fingerprint density at radius 2 is 1.02 bits per heavy atom. The highest BCUT2D eigenvalue weighted by Gasteiger charge is 2.69. The lowest BCUT2D eigenvalue weighted by atomic mass is 9.08. The van der Waals surface area contributed by atoms with Gasteiger partial charge in [-0.15, -0.1) is 37.6 Å². The molecule has 107 heavy (non-hydrogen) atoms. The van der Waals surface area contributed by atoms with Crippen molar-refractivity contribution in [2.24, 2.45) is 23.7 Å². The molecule has 4 saturated carbocycles. The first kappa shape index (κ1) is 94.6. The molecule has 4 bridgehead atoms. The van der Waals surface area contributed by atoms with E-state index in [-0.39, 0.29) is 93.9 Å². The summed E-state index contributed by atoms with van der Waals surface area (Å²) in [6, 6.07) is 15.6. The molecule has 4 aromatic carbocycles. The van der Waals surface area contributed by atoms with Gasteiger partial charge < -0.3 is 9.47 Å². The maximum Gasteiger partial charge on any atom is 0.476 e. The number of fused-ring (bicyclic) bond motifs is 2. The molecule has 590 valence electrons. The van der Waals surface area contributed by atoms with Crippen LogP contribution in [0.2, 0.25) is 19.6 Å². The molecule has 40 heteroatoms. The Bertz CT molecular complexity index is 4390. The third-order valence-corrected chi connectivity index (χ3v) is 23.1. The molecule has 10 unspecified atom stereocenters. The van der Waals surface area contributed by atoms with Gasteiger partial charge in [0.1, 0.15) is 30.1 Å². The fourth-order valence-corrected chi connectivity index (χ4v) is 18.9. The van der Waals surface area contributed by atoms with Crippen molar-refractivity contribution in [3.63, 3.8) is 0 Å². The van der Waals surface area contributed by atoms with Crippen LogP contribution in [0.4, 0.5) is 20.9 Å². The van der Waals surface area contributed by atoms with Crippen molar-refractivity contribution in [2.75, 3.05) is 18.6 Å². The van der Waals surface area contributed by atoms with Gasteiger partial charge in [0.2, 0.25) is 0 Å². The van der Waals surface area contributed by atoms with Crippen molar-refractivity contribution in [1.29, 1.82) is 0 Å². The zero-order valence-electron chi connectivity index (χ0n) is 61.3. The molecule has 10 atom stereocenters. The second-order valence-corrected chi connectivity index (χ2v) is 43.1. The number of carbonyl (C=O) groups is 6. The Hall–Kier alpha value is -4.78. The van der Waals surface area contributed by atoms with Crippen molar-refractivity contribution < 1.29 is 111 Å². The van der Waals surface area contributed by atoms with E-state index in [9.17, 15) is 71.4 Å². The van der Waals surface area contributed by atoms with Crippen molar-refractivity contribution >= 4 is 169 Å². The number of carbonyl (C=O) groups excluding carboxylic acids is 6. The monoisotopic (exact) mass is 1660 g/mol. The summed E-state index contributed by atoms with van der Waals surface area (Å²) in [6.07, 6.45) is -2.13.